The van der Waals surface area contributed by atoms with Crippen LogP contribution in [0.1, 0.15) is 35.5 Å². The van der Waals surface area contributed by atoms with E-state index >= 15 is 0 Å². The lowest BCUT2D eigenvalue weighted by molar-refractivity contribution is -0.141. The fraction of sp³-hybridized carbons (Fsp3) is 0.250. The molecule has 2 aromatic heterocycles. The van der Waals surface area contributed by atoms with Crippen LogP contribution in [-0.4, -0.2) is 25.8 Å². The number of carbonyl (C=O) groups excluding carboxylic acids is 1. The average Bonchev–Trinajstić information content (AvgIpc) is 3.16. The van der Waals surface area contributed by atoms with E-state index in [0.717, 1.165) is 10.7 Å². The molecule has 0 radical (unpaired) electrons. The molecule has 2 heterocycles. The molecule has 1 aromatic carbocycles. The van der Waals surface area contributed by atoms with Crippen molar-refractivity contribution in [3.05, 3.63) is 76.3 Å². The van der Waals surface area contributed by atoms with E-state index in [9.17, 15) is 18.0 Å². The highest BCUT2D eigenvalue weighted by Crippen LogP contribution is 2.30. The van der Waals surface area contributed by atoms with Gasteiger partial charge in [-0.15, -0.1) is 0 Å². The zero-order valence-electron chi connectivity index (χ0n) is 15.8. The lowest BCUT2D eigenvalue weighted by atomic mass is 10.0. The molecule has 2 N–H and O–H groups in total. The van der Waals surface area contributed by atoms with Gasteiger partial charge in [-0.1, -0.05) is 23.7 Å². The van der Waals surface area contributed by atoms with Gasteiger partial charge in [0.2, 0.25) is 5.91 Å². The first-order valence-electron chi connectivity index (χ1n) is 8.94. The van der Waals surface area contributed by atoms with Gasteiger partial charge in [-0.3, -0.25) is 9.78 Å². The van der Waals surface area contributed by atoms with Crippen LogP contribution in [0.2, 0.25) is 5.02 Å². The summed E-state index contributed by atoms with van der Waals surface area (Å²) < 4.78 is 40.6. The van der Waals surface area contributed by atoms with Crippen molar-refractivity contribution in [3.8, 4) is 5.69 Å². The highest BCUT2D eigenvalue weighted by molar-refractivity contribution is 6.30. The third kappa shape index (κ3) is 4.98. The Labute approximate surface area is 175 Å². The molecule has 1 amide bonds. The summed E-state index contributed by atoms with van der Waals surface area (Å²) in [4.78, 5) is 16.5. The number of aromatic nitrogens is 3. The van der Waals surface area contributed by atoms with Crippen LogP contribution in [0.15, 0.2) is 48.7 Å². The van der Waals surface area contributed by atoms with Gasteiger partial charge in [0.1, 0.15) is 0 Å². The molecule has 0 saturated heterocycles. The first-order valence-corrected chi connectivity index (χ1v) is 9.32. The van der Waals surface area contributed by atoms with E-state index in [1.807, 2.05) is 0 Å². The zero-order valence-corrected chi connectivity index (χ0v) is 16.6. The third-order valence-electron chi connectivity index (χ3n) is 4.47. The van der Waals surface area contributed by atoms with Crippen LogP contribution >= 0.6 is 11.6 Å². The lowest BCUT2D eigenvalue weighted by Gasteiger charge is -2.13. The fourth-order valence-electron chi connectivity index (χ4n) is 2.78. The SMILES string of the molecule is CC(C(=O)NCc1cc(C(F)(F)F)nn1-c1cccc(Cl)c1)c1ccc(CO)nc1. The Morgan fingerprint density at radius 3 is 2.63 bits per heavy atom. The summed E-state index contributed by atoms with van der Waals surface area (Å²) in [6.07, 6.45) is -3.15. The van der Waals surface area contributed by atoms with Crippen molar-refractivity contribution >= 4 is 17.5 Å². The molecule has 1 unspecified atom stereocenters. The Balaban J connectivity index is 1.81. The second-order valence-electron chi connectivity index (χ2n) is 6.59. The van der Waals surface area contributed by atoms with Crippen molar-refractivity contribution in [2.24, 2.45) is 0 Å². The molecular weight excluding hydrogens is 421 g/mol. The van der Waals surface area contributed by atoms with E-state index in [-0.39, 0.29) is 24.8 Å². The molecule has 0 bridgehead atoms. The van der Waals surface area contributed by atoms with E-state index in [1.165, 1.54) is 12.3 Å². The number of pyridine rings is 1. The molecule has 0 fully saturated rings. The van der Waals surface area contributed by atoms with Crippen LogP contribution in [-0.2, 0) is 24.1 Å². The summed E-state index contributed by atoms with van der Waals surface area (Å²) >= 11 is 5.95. The maximum atomic E-state index is 13.2. The van der Waals surface area contributed by atoms with Gasteiger partial charge in [0.05, 0.1) is 36.1 Å². The van der Waals surface area contributed by atoms with E-state index in [1.54, 1.807) is 37.3 Å². The van der Waals surface area contributed by atoms with E-state index < -0.39 is 17.8 Å². The highest BCUT2D eigenvalue weighted by Gasteiger charge is 2.35. The van der Waals surface area contributed by atoms with Gasteiger partial charge >= 0.3 is 6.18 Å². The normalized spacial score (nSPS) is 12.6. The van der Waals surface area contributed by atoms with Gasteiger partial charge < -0.3 is 10.4 Å². The number of carbonyl (C=O) groups is 1. The molecule has 0 aliphatic heterocycles. The quantitative estimate of drug-likeness (QED) is 0.612. The van der Waals surface area contributed by atoms with Gasteiger partial charge in [-0.2, -0.15) is 18.3 Å². The monoisotopic (exact) mass is 438 g/mol. The molecule has 0 aliphatic rings. The van der Waals surface area contributed by atoms with Gasteiger partial charge in [0, 0.05) is 11.2 Å². The van der Waals surface area contributed by atoms with Crippen LogP contribution in [0.25, 0.3) is 5.69 Å². The summed E-state index contributed by atoms with van der Waals surface area (Å²) in [5.74, 6) is -0.976. The number of nitrogens with zero attached hydrogens (tertiary/aromatic N) is 3. The number of rotatable bonds is 6. The molecule has 0 aliphatic carbocycles. The molecule has 3 rings (SSSR count). The number of nitrogens with one attached hydrogen (secondary N) is 1. The number of benzene rings is 1. The maximum absolute atomic E-state index is 13.2. The number of amides is 1. The summed E-state index contributed by atoms with van der Waals surface area (Å²) in [5, 5.41) is 15.7. The van der Waals surface area contributed by atoms with Crippen molar-refractivity contribution in [1.29, 1.82) is 0 Å². The molecule has 3 aromatic rings. The number of hydrogen-bond donors (Lipinski definition) is 2. The summed E-state index contributed by atoms with van der Waals surface area (Å²) in [7, 11) is 0. The minimum Gasteiger partial charge on any atom is -0.390 e. The third-order valence-corrected chi connectivity index (χ3v) is 4.71. The van der Waals surface area contributed by atoms with Crippen molar-refractivity contribution in [2.45, 2.75) is 32.2 Å². The summed E-state index contributed by atoms with van der Waals surface area (Å²) in [5.41, 5.74) is 0.516. The van der Waals surface area contributed by atoms with Gasteiger partial charge in [0.15, 0.2) is 5.69 Å². The second kappa shape index (κ2) is 8.85. The van der Waals surface area contributed by atoms with E-state index in [2.05, 4.69) is 15.4 Å². The molecule has 10 heteroatoms. The molecule has 0 spiro atoms. The predicted molar refractivity (Wildman–Crippen MR) is 104 cm³/mol. The smallest absolute Gasteiger partial charge is 0.390 e. The zero-order chi connectivity index (χ0) is 21.9. The van der Waals surface area contributed by atoms with Crippen LogP contribution in [0, 0.1) is 0 Å². The second-order valence-corrected chi connectivity index (χ2v) is 7.03. The van der Waals surface area contributed by atoms with Gasteiger partial charge in [-0.05, 0) is 42.8 Å². The Morgan fingerprint density at radius 1 is 1.27 bits per heavy atom. The van der Waals surface area contributed by atoms with Crippen molar-refractivity contribution < 1.29 is 23.1 Å². The van der Waals surface area contributed by atoms with Crippen LogP contribution in [0.5, 0.6) is 0 Å². The van der Waals surface area contributed by atoms with Crippen LogP contribution < -0.4 is 5.32 Å². The largest absolute Gasteiger partial charge is 0.435 e. The van der Waals surface area contributed by atoms with Crippen molar-refractivity contribution in [3.63, 3.8) is 0 Å². The molecule has 0 saturated carbocycles. The first kappa shape index (κ1) is 21.8. The van der Waals surface area contributed by atoms with Crippen molar-refractivity contribution in [1.82, 2.24) is 20.1 Å². The molecular formula is C20H18ClF3N4O2. The number of aliphatic hydroxyl groups is 1. The first-order chi connectivity index (χ1) is 14.2. The van der Waals surface area contributed by atoms with E-state index in [4.69, 9.17) is 16.7 Å². The van der Waals surface area contributed by atoms with Crippen molar-refractivity contribution in [2.75, 3.05) is 0 Å². The number of hydrogen-bond acceptors (Lipinski definition) is 4. The lowest BCUT2D eigenvalue weighted by Crippen LogP contribution is -2.28. The van der Waals surface area contributed by atoms with Crippen LogP contribution in [0.4, 0.5) is 13.2 Å². The molecule has 1 atom stereocenters. The summed E-state index contributed by atoms with van der Waals surface area (Å²) in [6, 6.07) is 10.4. The maximum Gasteiger partial charge on any atom is 0.435 e. The van der Waals surface area contributed by atoms with Crippen LogP contribution in [0.3, 0.4) is 0 Å². The highest BCUT2D eigenvalue weighted by atomic mass is 35.5. The van der Waals surface area contributed by atoms with Gasteiger partial charge in [-0.25, -0.2) is 4.68 Å². The minimum atomic E-state index is -4.63. The Hall–Kier alpha value is -2.91. The van der Waals surface area contributed by atoms with Gasteiger partial charge in [0.25, 0.3) is 0 Å². The topological polar surface area (TPSA) is 80.0 Å². The molecule has 6 nitrogen and oxygen atoms in total. The summed E-state index contributed by atoms with van der Waals surface area (Å²) in [6.45, 7) is 1.27. The molecule has 30 heavy (non-hydrogen) atoms. The Morgan fingerprint density at radius 2 is 2.03 bits per heavy atom. The Bertz CT molecular complexity index is 1040. The number of alkyl halides is 3. The fourth-order valence-corrected chi connectivity index (χ4v) is 2.97. The minimum absolute atomic E-state index is 0.152. The molecule has 158 valence electrons. The standard InChI is InChI=1S/C20H18ClF3N4O2/c1-12(13-5-6-15(11-29)25-9-13)19(30)26-10-17-8-18(20(22,23)24)27-28(17)16-4-2-3-14(21)7-16/h2-9,12,29H,10-11H2,1H3,(H,26,30). The predicted octanol–water partition coefficient (Wildman–Crippen LogP) is 3.85. The number of halogens is 4. The number of aliphatic hydroxyl groups excluding tert-OH is 1. The average molecular weight is 439 g/mol. The Kier molecular flexibility index (Phi) is 6.42. The van der Waals surface area contributed by atoms with E-state index in [0.29, 0.717) is 22.0 Å².